The molecule has 7 heteroatoms. The maximum absolute atomic E-state index is 12.4. The molecule has 0 N–H and O–H groups in total. The van der Waals surface area contributed by atoms with Gasteiger partial charge in [0.15, 0.2) is 0 Å². The van der Waals surface area contributed by atoms with Crippen LogP contribution in [-0.2, 0) is 19.1 Å². The zero-order valence-electron chi connectivity index (χ0n) is 10.6. The Morgan fingerprint density at radius 1 is 1.24 bits per heavy atom. The van der Waals surface area contributed by atoms with E-state index in [1.807, 2.05) is 30.3 Å². The van der Waals surface area contributed by atoms with Gasteiger partial charge in [0.05, 0.1) is 11.3 Å². The Hall–Kier alpha value is -1.99. The van der Waals surface area contributed by atoms with Crippen molar-refractivity contribution in [3.8, 4) is 0 Å². The minimum Gasteiger partial charge on any atom is -0.392 e. The quantitative estimate of drug-likeness (QED) is 0.358. The van der Waals surface area contributed by atoms with Crippen LogP contribution in [0.2, 0.25) is 0 Å². The lowest BCUT2D eigenvalue weighted by Gasteiger charge is -2.17. The molecule has 2 saturated heterocycles. The number of hydrogen-bond donors (Lipinski definition) is 0. The first-order chi connectivity index (χ1) is 10.1. The van der Waals surface area contributed by atoms with E-state index < -0.39 is 18.0 Å². The summed E-state index contributed by atoms with van der Waals surface area (Å²) in [7, 11) is 0. The molecule has 2 aliphatic heterocycles. The summed E-state index contributed by atoms with van der Waals surface area (Å²) < 4.78 is 4.74. The van der Waals surface area contributed by atoms with Crippen LogP contribution in [0.15, 0.2) is 35.2 Å². The minimum absolute atomic E-state index is 0.149. The zero-order valence-corrected chi connectivity index (χ0v) is 12.3. The van der Waals surface area contributed by atoms with Crippen molar-refractivity contribution in [2.75, 3.05) is 0 Å². The average Bonchev–Trinajstić information content (AvgIpc) is 2.91. The molecular formula is C14H9NO4S2. The van der Waals surface area contributed by atoms with Crippen molar-refractivity contribution in [2.45, 2.75) is 12.5 Å². The van der Waals surface area contributed by atoms with Crippen molar-refractivity contribution >= 4 is 52.2 Å². The van der Waals surface area contributed by atoms with Crippen LogP contribution >= 0.6 is 24.0 Å². The normalized spacial score (nSPS) is 24.1. The van der Waals surface area contributed by atoms with Crippen molar-refractivity contribution in [3.63, 3.8) is 0 Å². The summed E-state index contributed by atoms with van der Waals surface area (Å²) in [5, 5.41) is 0. The number of thioether (sulfide) groups is 1. The molecule has 0 aromatic heterocycles. The number of benzene rings is 1. The van der Waals surface area contributed by atoms with Gasteiger partial charge in [0.2, 0.25) is 0 Å². The summed E-state index contributed by atoms with van der Waals surface area (Å²) in [4.78, 5) is 36.8. The molecule has 21 heavy (non-hydrogen) atoms. The molecule has 2 heterocycles. The summed E-state index contributed by atoms with van der Waals surface area (Å²) in [5.74, 6) is -1.73. The number of esters is 2. The van der Waals surface area contributed by atoms with Crippen LogP contribution in [0.25, 0.3) is 6.08 Å². The molecule has 2 aliphatic rings. The molecule has 0 saturated carbocycles. The Bertz CT molecular complexity index is 683. The van der Waals surface area contributed by atoms with Gasteiger partial charge in [-0.2, -0.15) is 0 Å². The molecule has 5 nitrogen and oxygen atoms in total. The van der Waals surface area contributed by atoms with Gasteiger partial charge < -0.3 is 4.74 Å². The third-order valence-corrected chi connectivity index (χ3v) is 4.41. The molecule has 1 unspecified atom stereocenters. The third kappa shape index (κ3) is 2.62. The minimum atomic E-state index is -0.938. The fourth-order valence-corrected chi connectivity index (χ4v) is 3.47. The van der Waals surface area contributed by atoms with E-state index in [2.05, 4.69) is 4.74 Å². The standard InChI is InChI=1S/C14H9NO4S2/c16-11-7-9(13(18)19-11)15-12(17)10(21-14(15)20)6-8-4-2-1-3-5-8/h1-6,9H,7H2/b10-6-. The van der Waals surface area contributed by atoms with Crippen LogP contribution in [-0.4, -0.2) is 33.1 Å². The maximum Gasteiger partial charge on any atom is 0.337 e. The second-order valence-electron chi connectivity index (χ2n) is 4.48. The van der Waals surface area contributed by atoms with E-state index in [4.69, 9.17) is 12.2 Å². The molecule has 3 rings (SSSR count). The van der Waals surface area contributed by atoms with Gasteiger partial charge in [0.1, 0.15) is 10.4 Å². The van der Waals surface area contributed by atoms with Crippen LogP contribution < -0.4 is 0 Å². The highest BCUT2D eigenvalue weighted by molar-refractivity contribution is 8.26. The summed E-state index contributed by atoms with van der Waals surface area (Å²) in [6.45, 7) is 0. The van der Waals surface area contributed by atoms with Crippen molar-refractivity contribution in [1.29, 1.82) is 0 Å². The number of rotatable bonds is 2. The Balaban J connectivity index is 1.88. The highest BCUT2D eigenvalue weighted by Crippen LogP contribution is 2.35. The van der Waals surface area contributed by atoms with E-state index in [9.17, 15) is 14.4 Å². The molecule has 0 bridgehead atoms. The Morgan fingerprint density at radius 2 is 1.95 bits per heavy atom. The van der Waals surface area contributed by atoms with Crippen LogP contribution in [0.5, 0.6) is 0 Å². The van der Waals surface area contributed by atoms with Crippen LogP contribution in [0.1, 0.15) is 12.0 Å². The zero-order chi connectivity index (χ0) is 15.0. The van der Waals surface area contributed by atoms with E-state index in [-0.39, 0.29) is 16.6 Å². The second-order valence-corrected chi connectivity index (χ2v) is 6.15. The average molecular weight is 319 g/mol. The first-order valence-electron chi connectivity index (χ1n) is 6.13. The number of amides is 1. The lowest BCUT2D eigenvalue weighted by Crippen LogP contribution is -2.41. The van der Waals surface area contributed by atoms with Gasteiger partial charge in [-0.25, -0.2) is 4.79 Å². The maximum atomic E-state index is 12.4. The van der Waals surface area contributed by atoms with Gasteiger partial charge >= 0.3 is 11.9 Å². The highest BCUT2D eigenvalue weighted by atomic mass is 32.2. The van der Waals surface area contributed by atoms with Crippen LogP contribution in [0, 0.1) is 0 Å². The van der Waals surface area contributed by atoms with Gasteiger partial charge in [-0.3, -0.25) is 14.5 Å². The molecule has 1 aromatic rings. The fraction of sp³-hybridized carbons (Fsp3) is 0.143. The largest absolute Gasteiger partial charge is 0.392 e. The lowest BCUT2D eigenvalue weighted by molar-refractivity contribution is -0.153. The van der Waals surface area contributed by atoms with E-state index >= 15 is 0 Å². The van der Waals surface area contributed by atoms with Crippen LogP contribution in [0.3, 0.4) is 0 Å². The molecule has 106 valence electrons. The Labute approximate surface area is 129 Å². The van der Waals surface area contributed by atoms with E-state index in [1.54, 1.807) is 6.08 Å². The number of carbonyl (C=O) groups excluding carboxylic acids is 3. The molecular weight excluding hydrogens is 310 g/mol. The van der Waals surface area contributed by atoms with Crippen molar-refractivity contribution in [1.82, 2.24) is 4.90 Å². The molecule has 1 atom stereocenters. The van der Waals surface area contributed by atoms with Crippen LogP contribution in [0.4, 0.5) is 0 Å². The summed E-state index contributed by atoms with van der Waals surface area (Å²) in [6.07, 6.45) is 1.56. The first-order valence-corrected chi connectivity index (χ1v) is 7.35. The number of thiocarbonyl (C=S) groups is 1. The highest BCUT2D eigenvalue weighted by Gasteiger charge is 2.46. The van der Waals surface area contributed by atoms with Gasteiger partial charge in [-0.1, -0.05) is 54.3 Å². The lowest BCUT2D eigenvalue weighted by atomic mass is 10.2. The van der Waals surface area contributed by atoms with E-state index in [0.29, 0.717) is 4.91 Å². The fourth-order valence-electron chi connectivity index (χ4n) is 2.11. The van der Waals surface area contributed by atoms with E-state index in [0.717, 1.165) is 17.3 Å². The Kier molecular flexibility index (Phi) is 3.60. The molecule has 2 fully saturated rings. The van der Waals surface area contributed by atoms with Gasteiger partial charge in [0, 0.05) is 0 Å². The Morgan fingerprint density at radius 3 is 2.57 bits per heavy atom. The second kappa shape index (κ2) is 5.42. The molecule has 1 amide bonds. The smallest absolute Gasteiger partial charge is 0.337 e. The van der Waals surface area contributed by atoms with Crippen molar-refractivity contribution in [3.05, 3.63) is 40.8 Å². The monoisotopic (exact) mass is 319 g/mol. The third-order valence-electron chi connectivity index (χ3n) is 3.08. The number of cyclic esters (lactones) is 2. The number of ether oxygens (including phenoxy) is 1. The summed E-state index contributed by atoms with van der Waals surface area (Å²) in [6, 6.07) is 8.38. The van der Waals surface area contributed by atoms with Gasteiger partial charge in [-0.05, 0) is 11.6 Å². The SMILES string of the molecule is O=C1CC(N2C(=O)/C(=C/c3ccccc3)SC2=S)C(=O)O1. The first kappa shape index (κ1) is 14.0. The topological polar surface area (TPSA) is 63.7 Å². The summed E-state index contributed by atoms with van der Waals surface area (Å²) >= 11 is 6.26. The molecule has 0 aliphatic carbocycles. The van der Waals surface area contributed by atoms with Crippen molar-refractivity contribution < 1.29 is 19.1 Å². The predicted molar refractivity (Wildman–Crippen MR) is 81.0 cm³/mol. The summed E-state index contributed by atoms with van der Waals surface area (Å²) in [5.41, 5.74) is 0.864. The molecule has 1 aromatic carbocycles. The van der Waals surface area contributed by atoms with Crippen molar-refractivity contribution in [2.24, 2.45) is 0 Å². The number of hydrogen-bond acceptors (Lipinski definition) is 6. The predicted octanol–water partition coefficient (Wildman–Crippen LogP) is 1.73. The van der Waals surface area contributed by atoms with Gasteiger partial charge in [-0.15, -0.1) is 0 Å². The molecule has 0 spiro atoms. The molecule has 0 radical (unpaired) electrons. The van der Waals surface area contributed by atoms with E-state index in [1.165, 1.54) is 4.90 Å². The number of nitrogens with zero attached hydrogens (tertiary/aromatic N) is 1. The number of carbonyl (C=O) groups is 3. The van der Waals surface area contributed by atoms with Gasteiger partial charge in [0.25, 0.3) is 5.91 Å².